The fourth-order valence-electron chi connectivity index (χ4n) is 3.39. The fraction of sp³-hybridized carbons (Fsp3) is 0.238. The summed E-state index contributed by atoms with van der Waals surface area (Å²) in [6.45, 7) is 3.35. The molecule has 1 aromatic heterocycles. The Bertz CT molecular complexity index is 1000. The molecule has 144 valence electrons. The molecule has 0 bridgehead atoms. The first kappa shape index (κ1) is 18.3. The van der Waals surface area contributed by atoms with Crippen molar-refractivity contribution in [1.82, 2.24) is 9.97 Å². The van der Waals surface area contributed by atoms with Crippen LogP contribution in [0.15, 0.2) is 54.6 Å². The van der Waals surface area contributed by atoms with Crippen LogP contribution in [-0.4, -0.2) is 16.5 Å². The highest BCUT2D eigenvalue weighted by atomic mass is 19.4. The molecule has 1 aliphatic rings. The predicted octanol–water partition coefficient (Wildman–Crippen LogP) is 5.11. The summed E-state index contributed by atoms with van der Waals surface area (Å²) in [4.78, 5) is 11.0. The molecular weight excluding hydrogens is 365 g/mol. The average molecular weight is 384 g/mol. The molecule has 0 amide bonds. The van der Waals surface area contributed by atoms with Gasteiger partial charge in [-0.25, -0.2) is 9.97 Å². The van der Waals surface area contributed by atoms with Gasteiger partial charge in [0.1, 0.15) is 17.5 Å². The van der Waals surface area contributed by atoms with Crippen LogP contribution in [0.1, 0.15) is 22.5 Å². The summed E-state index contributed by atoms with van der Waals surface area (Å²) >= 11 is 0. The molecule has 0 fully saturated rings. The number of benzene rings is 2. The number of halogens is 3. The molecule has 4 rings (SSSR count). The second kappa shape index (κ2) is 7.14. The van der Waals surface area contributed by atoms with Crippen molar-refractivity contribution in [3.63, 3.8) is 0 Å². The number of anilines is 3. The minimum absolute atomic E-state index is 0.336. The van der Waals surface area contributed by atoms with Crippen LogP contribution in [0.5, 0.6) is 0 Å². The Labute approximate surface area is 161 Å². The van der Waals surface area contributed by atoms with Crippen molar-refractivity contribution in [2.45, 2.75) is 26.1 Å². The summed E-state index contributed by atoms with van der Waals surface area (Å²) in [5, 5.41) is 2.98. The quantitative estimate of drug-likeness (QED) is 0.681. The van der Waals surface area contributed by atoms with Gasteiger partial charge in [-0.15, -0.1) is 0 Å². The standard InChI is InChI=1S/C21H19F3N4/c1-14-25-19(27-18-8-4-7-17(11-18)21(22,23)24)12-20(26-14)28-10-9-15-5-2-3-6-16(15)13-28/h2-8,11-12H,9-10,13H2,1H3,(H,25,26,27). The van der Waals surface area contributed by atoms with E-state index in [9.17, 15) is 13.2 Å². The van der Waals surface area contributed by atoms with Gasteiger partial charge in [0, 0.05) is 24.8 Å². The van der Waals surface area contributed by atoms with Crippen molar-refractivity contribution >= 4 is 17.3 Å². The van der Waals surface area contributed by atoms with Gasteiger partial charge in [0.15, 0.2) is 0 Å². The van der Waals surface area contributed by atoms with Crippen LogP contribution < -0.4 is 10.2 Å². The monoisotopic (exact) mass is 384 g/mol. The maximum Gasteiger partial charge on any atom is 0.416 e. The number of alkyl halides is 3. The molecule has 0 unspecified atom stereocenters. The summed E-state index contributed by atoms with van der Waals surface area (Å²) in [5.74, 6) is 1.79. The Kier molecular flexibility index (Phi) is 4.66. The molecule has 1 N–H and O–H groups in total. The zero-order valence-electron chi connectivity index (χ0n) is 15.3. The van der Waals surface area contributed by atoms with Gasteiger partial charge >= 0.3 is 6.18 Å². The third-order valence-electron chi connectivity index (χ3n) is 4.74. The summed E-state index contributed by atoms with van der Waals surface area (Å²) in [6.07, 6.45) is -3.46. The van der Waals surface area contributed by atoms with Crippen molar-refractivity contribution in [2.75, 3.05) is 16.8 Å². The SMILES string of the molecule is Cc1nc(Nc2cccc(C(F)(F)F)c2)cc(N2CCc3ccccc3C2)n1. The Balaban J connectivity index is 1.58. The minimum Gasteiger partial charge on any atom is -0.352 e. The van der Waals surface area contributed by atoms with Crippen LogP contribution in [0.4, 0.5) is 30.5 Å². The second-order valence-electron chi connectivity index (χ2n) is 6.80. The van der Waals surface area contributed by atoms with Gasteiger partial charge in [-0.1, -0.05) is 30.3 Å². The van der Waals surface area contributed by atoms with E-state index < -0.39 is 11.7 Å². The summed E-state index contributed by atoms with van der Waals surface area (Å²) in [5.41, 5.74) is 2.24. The number of nitrogens with one attached hydrogen (secondary N) is 1. The number of aryl methyl sites for hydroxylation is 1. The topological polar surface area (TPSA) is 41.1 Å². The molecule has 0 radical (unpaired) electrons. The van der Waals surface area contributed by atoms with E-state index in [0.717, 1.165) is 37.5 Å². The van der Waals surface area contributed by atoms with Crippen LogP contribution in [0.2, 0.25) is 0 Å². The number of nitrogens with zero attached hydrogens (tertiary/aromatic N) is 3. The molecule has 28 heavy (non-hydrogen) atoms. The second-order valence-corrected chi connectivity index (χ2v) is 6.80. The van der Waals surface area contributed by atoms with Gasteiger partial charge in [-0.05, 0) is 42.7 Å². The average Bonchev–Trinajstić information content (AvgIpc) is 2.67. The van der Waals surface area contributed by atoms with Crippen molar-refractivity contribution in [3.8, 4) is 0 Å². The molecule has 0 spiro atoms. The molecule has 4 nitrogen and oxygen atoms in total. The van der Waals surface area contributed by atoms with E-state index in [1.54, 1.807) is 19.1 Å². The number of fused-ring (bicyclic) bond motifs is 1. The highest BCUT2D eigenvalue weighted by Crippen LogP contribution is 2.32. The van der Waals surface area contributed by atoms with E-state index in [0.29, 0.717) is 17.3 Å². The molecular formula is C21H19F3N4. The molecule has 2 heterocycles. The number of hydrogen-bond acceptors (Lipinski definition) is 4. The van der Waals surface area contributed by atoms with Gasteiger partial charge in [0.25, 0.3) is 0 Å². The lowest BCUT2D eigenvalue weighted by Gasteiger charge is -2.30. The maximum absolute atomic E-state index is 12.9. The van der Waals surface area contributed by atoms with Gasteiger partial charge in [0.2, 0.25) is 0 Å². The zero-order chi connectivity index (χ0) is 19.7. The lowest BCUT2D eigenvalue weighted by Crippen LogP contribution is -2.31. The molecule has 3 aromatic rings. The Morgan fingerprint density at radius 1 is 0.964 bits per heavy atom. The third kappa shape index (κ3) is 3.93. The fourth-order valence-corrected chi connectivity index (χ4v) is 3.39. The van der Waals surface area contributed by atoms with E-state index in [1.807, 2.05) is 12.1 Å². The first-order chi connectivity index (χ1) is 13.4. The number of rotatable bonds is 3. The van der Waals surface area contributed by atoms with Crippen molar-refractivity contribution in [1.29, 1.82) is 0 Å². The molecule has 0 atom stereocenters. The molecule has 0 aliphatic carbocycles. The minimum atomic E-state index is -4.38. The van der Waals surface area contributed by atoms with Crippen LogP contribution in [0.3, 0.4) is 0 Å². The van der Waals surface area contributed by atoms with Gasteiger partial charge < -0.3 is 10.2 Å². The highest BCUT2D eigenvalue weighted by Gasteiger charge is 2.30. The van der Waals surface area contributed by atoms with Crippen LogP contribution in [0.25, 0.3) is 0 Å². The smallest absolute Gasteiger partial charge is 0.352 e. The van der Waals surface area contributed by atoms with Crippen molar-refractivity contribution in [3.05, 3.63) is 77.1 Å². The van der Waals surface area contributed by atoms with E-state index in [2.05, 4.69) is 32.3 Å². The summed E-state index contributed by atoms with van der Waals surface area (Å²) in [6, 6.07) is 15.2. The van der Waals surface area contributed by atoms with E-state index >= 15 is 0 Å². The van der Waals surface area contributed by atoms with Crippen LogP contribution >= 0.6 is 0 Å². The number of aromatic nitrogens is 2. The lowest BCUT2D eigenvalue weighted by atomic mass is 10.00. The third-order valence-corrected chi connectivity index (χ3v) is 4.74. The highest BCUT2D eigenvalue weighted by molar-refractivity contribution is 5.61. The zero-order valence-corrected chi connectivity index (χ0v) is 15.3. The van der Waals surface area contributed by atoms with Gasteiger partial charge in [-0.3, -0.25) is 0 Å². The Morgan fingerprint density at radius 3 is 2.54 bits per heavy atom. The Morgan fingerprint density at radius 2 is 1.75 bits per heavy atom. The summed E-state index contributed by atoms with van der Waals surface area (Å²) < 4.78 is 38.8. The van der Waals surface area contributed by atoms with Crippen molar-refractivity contribution in [2.24, 2.45) is 0 Å². The number of hydrogen-bond donors (Lipinski definition) is 1. The normalized spacial score (nSPS) is 13.9. The maximum atomic E-state index is 12.9. The lowest BCUT2D eigenvalue weighted by molar-refractivity contribution is -0.137. The molecule has 0 saturated heterocycles. The Hall–Kier alpha value is -3.09. The van der Waals surface area contributed by atoms with E-state index in [1.165, 1.54) is 17.2 Å². The molecule has 1 aliphatic heterocycles. The van der Waals surface area contributed by atoms with Gasteiger partial charge in [-0.2, -0.15) is 13.2 Å². The van der Waals surface area contributed by atoms with Crippen LogP contribution in [0, 0.1) is 6.92 Å². The first-order valence-electron chi connectivity index (χ1n) is 9.00. The van der Waals surface area contributed by atoms with Crippen LogP contribution in [-0.2, 0) is 19.1 Å². The van der Waals surface area contributed by atoms with Crippen molar-refractivity contribution < 1.29 is 13.2 Å². The molecule has 7 heteroatoms. The molecule has 2 aromatic carbocycles. The first-order valence-corrected chi connectivity index (χ1v) is 9.00. The van der Waals surface area contributed by atoms with E-state index in [-0.39, 0.29) is 0 Å². The van der Waals surface area contributed by atoms with Gasteiger partial charge in [0.05, 0.1) is 5.56 Å². The van der Waals surface area contributed by atoms with E-state index in [4.69, 9.17) is 0 Å². The largest absolute Gasteiger partial charge is 0.416 e. The molecule has 0 saturated carbocycles. The predicted molar refractivity (Wildman–Crippen MR) is 103 cm³/mol. The summed E-state index contributed by atoms with van der Waals surface area (Å²) in [7, 11) is 0.